The molecule has 2 unspecified atom stereocenters. The molecule has 106 valence electrons. The van der Waals surface area contributed by atoms with Gasteiger partial charge in [-0.2, -0.15) is 0 Å². The van der Waals surface area contributed by atoms with Gasteiger partial charge in [0.15, 0.2) is 0 Å². The van der Waals surface area contributed by atoms with Crippen LogP contribution in [0.25, 0.3) is 0 Å². The quantitative estimate of drug-likeness (QED) is 0.834. The lowest BCUT2D eigenvalue weighted by Gasteiger charge is -2.48. The molecule has 0 aliphatic carbocycles. The maximum Gasteiger partial charge on any atom is 0.128 e. The van der Waals surface area contributed by atoms with Crippen LogP contribution in [-0.4, -0.2) is 30.7 Å². The van der Waals surface area contributed by atoms with Gasteiger partial charge in [-0.3, -0.25) is 4.90 Å². The normalized spacial score (nSPS) is 26.4. The molecule has 2 atom stereocenters. The minimum atomic E-state index is -0.611. The molecule has 0 spiro atoms. The second-order valence-electron chi connectivity index (χ2n) is 5.40. The lowest BCUT2D eigenvalue weighted by molar-refractivity contribution is -0.0835. The van der Waals surface area contributed by atoms with E-state index in [1.165, 1.54) is 12.1 Å². The molecule has 4 heteroatoms. The molecule has 1 aliphatic rings. The Kier molecular flexibility index (Phi) is 4.21. The van der Waals surface area contributed by atoms with Crippen molar-refractivity contribution in [3.05, 3.63) is 35.4 Å². The zero-order chi connectivity index (χ0) is 14.0. The molecule has 1 heterocycles. The third kappa shape index (κ3) is 2.65. The maximum absolute atomic E-state index is 14.1. The van der Waals surface area contributed by atoms with E-state index in [4.69, 9.17) is 4.74 Å². The monoisotopic (exact) mass is 269 g/mol. The first-order valence-corrected chi connectivity index (χ1v) is 6.79. The second kappa shape index (κ2) is 5.55. The van der Waals surface area contributed by atoms with Gasteiger partial charge in [-0.15, -0.1) is 0 Å². The zero-order valence-electron chi connectivity index (χ0n) is 11.7. The van der Waals surface area contributed by atoms with Crippen LogP contribution in [0.3, 0.4) is 0 Å². The van der Waals surface area contributed by atoms with Gasteiger partial charge in [0.05, 0.1) is 18.8 Å². The third-order valence-corrected chi connectivity index (χ3v) is 4.13. The van der Waals surface area contributed by atoms with E-state index in [9.17, 15) is 8.78 Å². The van der Waals surface area contributed by atoms with Crippen molar-refractivity contribution in [2.24, 2.45) is 0 Å². The summed E-state index contributed by atoms with van der Waals surface area (Å²) in [5, 5.41) is 0. The molecule has 0 aromatic heterocycles. The Morgan fingerprint density at radius 2 is 2.16 bits per heavy atom. The first-order valence-electron chi connectivity index (χ1n) is 6.79. The highest BCUT2D eigenvalue weighted by Gasteiger charge is 2.40. The predicted octanol–water partition coefficient (Wildman–Crippen LogP) is 3.31. The van der Waals surface area contributed by atoms with Crippen LogP contribution in [0.4, 0.5) is 8.78 Å². The van der Waals surface area contributed by atoms with E-state index in [0.717, 1.165) is 19.0 Å². The lowest BCUT2D eigenvalue weighted by atomic mass is 9.87. The highest BCUT2D eigenvalue weighted by molar-refractivity contribution is 5.27. The molecule has 0 bridgehead atoms. The Hall–Kier alpha value is -1.00. The molecule has 1 aliphatic heterocycles. The van der Waals surface area contributed by atoms with E-state index in [1.807, 2.05) is 6.92 Å². The molecule has 0 radical (unpaired) electrons. The molecule has 1 fully saturated rings. The van der Waals surface area contributed by atoms with Crippen LogP contribution in [0.5, 0.6) is 0 Å². The highest BCUT2D eigenvalue weighted by atomic mass is 19.1. The summed E-state index contributed by atoms with van der Waals surface area (Å²) in [4.78, 5) is 2.22. The fourth-order valence-corrected chi connectivity index (χ4v) is 2.83. The minimum absolute atomic E-state index is 0.302. The van der Waals surface area contributed by atoms with Crippen molar-refractivity contribution in [3.8, 4) is 0 Å². The third-order valence-electron chi connectivity index (χ3n) is 4.13. The van der Waals surface area contributed by atoms with Crippen molar-refractivity contribution in [2.75, 3.05) is 19.8 Å². The van der Waals surface area contributed by atoms with E-state index >= 15 is 0 Å². The van der Waals surface area contributed by atoms with Gasteiger partial charge in [0, 0.05) is 18.2 Å². The van der Waals surface area contributed by atoms with Crippen LogP contribution in [0.15, 0.2) is 18.2 Å². The van der Waals surface area contributed by atoms with Crippen molar-refractivity contribution in [1.29, 1.82) is 0 Å². The molecule has 1 aromatic rings. The van der Waals surface area contributed by atoms with E-state index in [2.05, 4.69) is 18.7 Å². The second-order valence-corrected chi connectivity index (χ2v) is 5.40. The van der Waals surface area contributed by atoms with Crippen molar-refractivity contribution in [2.45, 2.75) is 38.8 Å². The SMILES string of the molecule is CCC(C)N1CCOCC1(C)c1cc(F)ccc1F. The fraction of sp³-hybridized carbons (Fsp3) is 0.600. The van der Waals surface area contributed by atoms with Crippen molar-refractivity contribution in [1.82, 2.24) is 4.90 Å². The van der Waals surface area contributed by atoms with Crippen molar-refractivity contribution in [3.63, 3.8) is 0 Å². The van der Waals surface area contributed by atoms with Gasteiger partial charge < -0.3 is 4.74 Å². The van der Waals surface area contributed by atoms with Gasteiger partial charge in [-0.05, 0) is 38.5 Å². The largest absolute Gasteiger partial charge is 0.378 e. The molecule has 2 rings (SSSR count). The van der Waals surface area contributed by atoms with Crippen LogP contribution in [-0.2, 0) is 10.3 Å². The summed E-state index contributed by atoms with van der Waals surface area (Å²) in [5.41, 5.74) is -0.229. The smallest absolute Gasteiger partial charge is 0.128 e. The number of nitrogens with zero attached hydrogens (tertiary/aromatic N) is 1. The maximum atomic E-state index is 14.1. The number of benzene rings is 1. The molecular formula is C15H21F2NO. The molecular weight excluding hydrogens is 248 g/mol. The van der Waals surface area contributed by atoms with Gasteiger partial charge in [0.25, 0.3) is 0 Å². The van der Waals surface area contributed by atoms with Gasteiger partial charge >= 0.3 is 0 Å². The highest BCUT2D eigenvalue weighted by Crippen LogP contribution is 2.35. The zero-order valence-corrected chi connectivity index (χ0v) is 11.7. The molecule has 1 saturated heterocycles. The average Bonchev–Trinajstić information content (AvgIpc) is 2.41. The molecule has 0 amide bonds. The molecule has 2 nitrogen and oxygen atoms in total. The van der Waals surface area contributed by atoms with Crippen molar-refractivity contribution < 1.29 is 13.5 Å². The lowest BCUT2D eigenvalue weighted by Crippen LogP contribution is -2.56. The summed E-state index contributed by atoms with van der Waals surface area (Å²) in [6, 6.07) is 3.94. The Balaban J connectivity index is 2.44. The van der Waals surface area contributed by atoms with Crippen LogP contribution in [0, 0.1) is 11.6 Å². The Labute approximate surface area is 113 Å². The molecule has 0 saturated carbocycles. The average molecular weight is 269 g/mol. The summed E-state index contributed by atoms with van der Waals surface area (Å²) < 4.78 is 33.1. The fourth-order valence-electron chi connectivity index (χ4n) is 2.83. The van der Waals surface area contributed by atoms with E-state index in [0.29, 0.717) is 24.8 Å². The number of morpholine rings is 1. The first-order chi connectivity index (χ1) is 8.99. The van der Waals surface area contributed by atoms with E-state index in [-0.39, 0.29) is 5.82 Å². The van der Waals surface area contributed by atoms with Gasteiger partial charge in [0.1, 0.15) is 11.6 Å². The summed E-state index contributed by atoms with van der Waals surface area (Å²) in [5.74, 6) is -0.782. The van der Waals surface area contributed by atoms with E-state index in [1.54, 1.807) is 0 Å². The predicted molar refractivity (Wildman–Crippen MR) is 71.0 cm³/mol. The Bertz CT molecular complexity index is 452. The summed E-state index contributed by atoms with van der Waals surface area (Å²) >= 11 is 0. The van der Waals surface area contributed by atoms with Gasteiger partial charge in [-0.25, -0.2) is 8.78 Å². The van der Waals surface area contributed by atoms with E-state index < -0.39 is 11.4 Å². The Morgan fingerprint density at radius 1 is 1.42 bits per heavy atom. The van der Waals surface area contributed by atoms with Crippen LogP contribution in [0.2, 0.25) is 0 Å². The standard InChI is InChI=1S/C15H21F2NO/c1-4-11(2)18-7-8-19-10-15(18,3)13-9-12(16)5-6-14(13)17/h5-6,9,11H,4,7-8,10H2,1-3H3. The Morgan fingerprint density at radius 3 is 2.84 bits per heavy atom. The van der Waals surface area contributed by atoms with Crippen LogP contribution >= 0.6 is 0 Å². The number of rotatable bonds is 3. The van der Waals surface area contributed by atoms with Crippen molar-refractivity contribution >= 4 is 0 Å². The number of hydrogen-bond donors (Lipinski definition) is 0. The molecule has 0 N–H and O–H groups in total. The van der Waals surface area contributed by atoms with Crippen LogP contribution in [0.1, 0.15) is 32.8 Å². The van der Waals surface area contributed by atoms with Crippen LogP contribution < -0.4 is 0 Å². The molecule has 19 heavy (non-hydrogen) atoms. The number of hydrogen-bond acceptors (Lipinski definition) is 2. The topological polar surface area (TPSA) is 12.5 Å². The number of ether oxygens (including phenoxy) is 1. The summed E-state index contributed by atoms with van der Waals surface area (Å²) in [6.07, 6.45) is 0.965. The first kappa shape index (κ1) is 14.4. The number of halogens is 2. The molecule has 1 aromatic carbocycles. The van der Waals surface area contributed by atoms with Gasteiger partial charge in [0.2, 0.25) is 0 Å². The van der Waals surface area contributed by atoms with Gasteiger partial charge in [-0.1, -0.05) is 6.92 Å². The minimum Gasteiger partial charge on any atom is -0.378 e. The summed E-state index contributed by atoms with van der Waals surface area (Å²) in [7, 11) is 0. The summed E-state index contributed by atoms with van der Waals surface area (Å²) in [6.45, 7) is 7.90.